The predicted octanol–water partition coefficient (Wildman–Crippen LogP) is 13.4. The molecule has 0 fully saturated rings. The van der Waals surface area contributed by atoms with Gasteiger partial charge in [-0.25, -0.2) is 0 Å². The molecule has 6 aromatic rings. The Labute approximate surface area is 303 Å². The molecule has 4 nitrogen and oxygen atoms in total. The molecule has 0 amide bonds. The van der Waals surface area contributed by atoms with Crippen molar-refractivity contribution < 1.29 is 0 Å². The zero-order valence-electron chi connectivity index (χ0n) is 24.6. The number of rotatable bonds is 5. The Morgan fingerprint density at radius 1 is 0.426 bits per heavy atom. The maximum atomic E-state index is 8.97. The fourth-order valence-electron chi connectivity index (χ4n) is 4.07. The van der Waals surface area contributed by atoms with Gasteiger partial charge in [0.2, 0.25) is 0 Å². The molecular weight excluding hydrogens is 734 g/mol. The van der Waals surface area contributed by atoms with Crippen LogP contribution in [0.25, 0.3) is 0 Å². The van der Waals surface area contributed by atoms with Gasteiger partial charge in [-0.05, 0) is 146 Å². The van der Waals surface area contributed by atoms with E-state index in [9.17, 15) is 0 Å². The Hall–Kier alpha value is -4.46. The van der Waals surface area contributed by atoms with Crippen molar-refractivity contribution in [3.8, 4) is 12.1 Å². The maximum Gasteiger partial charge on any atom is 0.0991 e. The Bertz CT molecular complexity index is 1850. The second kappa shape index (κ2) is 18.0. The lowest BCUT2D eigenvalue weighted by atomic mass is 10.1. The van der Waals surface area contributed by atoms with E-state index in [2.05, 4.69) is 32.2 Å². The largest absolute Gasteiger partial charge is 0.356 e. The van der Waals surface area contributed by atoms with Gasteiger partial charge in [0.05, 0.1) is 23.3 Å². The molecule has 0 radical (unpaired) electrons. The lowest BCUT2D eigenvalue weighted by molar-refractivity contribution is 1.28. The summed E-state index contributed by atoms with van der Waals surface area (Å²) in [6.45, 7) is 0. The topological polar surface area (TPSA) is 62.9 Å². The summed E-state index contributed by atoms with van der Waals surface area (Å²) in [6, 6.07) is 49.1. The molecule has 0 spiro atoms. The summed E-state index contributed by atoms with van der Waals surface area (Å²) < 4.78 is 1.00. The van der Waals surface area contributed by atoms with Crippen molar-refractivity contribution in [1.29, 1.82) is 10.5 Å². The number of nitrogens with one attached hydrogen (secondary N) is 1. The summed E-state index contributed by atoms with van der Waals surface area (Å²) in [7, 11) is 0. The van der Waals surface area contributed by atoms with Gasteiger partial charge in [-0.1, -0.05) is 62.3 Å². The first kappa shape index (κ1) is 35.4. The monoisotopic (exact) mass is 756 g/mol. The molecule has 0 saturated carbocycles. The molecule has 0 aliphatic rings. The van der Waals surface area contributed by atoms with E-state index in [-0.39, 0.29) is 0 Å². The fourth-order valence-corrected chi connectivity index (χ4v) is 4.84. The third-order valence-electron chi connectivity index (χ3n) is 6.37. The van der Waals surface area contributed by atoms with Crippen LogP contribution in [0.1, 0.15) is 11.1 Å². The van der Waals surface area contributed by atoms with Crippen LogP contribution in [0, 0.1) is 22.7 Å². The fraction of sp³-hybridized carbons (Fsp3) is 0. The Morgan fingerprint density at radius 3 is 1.02 bits per heavy atom. The molecule has 0 aliphatic heterocycles. The molecule has 0 bridgehead atoms. The zero-order valence-corrected chi connectivity index (χ0v) is 29.2. The lowest BCUT2D eigenvalue weighted by Gasteiger charge is -2.25. The Kier molecular flexibility index (Phi) is 13.6. The maximum absolute atomic E-state index is 8.97. The van der Waals surface area contributed by atoms with Crippen LogP contribution < -0.4 is 10.2 Å². The van der Waals surface area contributed by atoms with E-state index in [1.807, 2.05) is 127 Å². The van der Waals surface area contributed by atoms with Crippen LogP contribution in [0.4, 0.5) is 28.4 Å². The van der Waals surface area contributed by atoms with Crippen molar-refractivity contribution in [2.45, 2.75) is 0 Å². The van der Waals surface area contributed by atoms with Gasteiger partial charge in [0, 0.05) is 53.0 Å². The number of nitriles is 2. The predicted molar refractivity (Wildman–Crippen MR) is 201 cm³/mol. The molecule has 6 rings (SSSR count). The molecule has 0 saturated heterocycles. The number of hydrogen-bond acceptors (Lipinski definition) is 4. The summed E-state index contributed by atoms with van der Waals surface area (Å²) in [5, 5.41) is 23.4. The van der Waals surface area contributed by atoms with Crippen molar-refractivity contribution in [2.24, 2.45) is 0 Å². The van der Waals surface area contributed by atoms with Gasteiger partial charge < -0.3 is 10.2 Å². The molecule has 0 heterocycles. The summed E-state index contributed by atoms with van der Waals surface area (Å²) >= 11 is 26.8. The van der Waals surface area contributed by atoms with Crippen LogP contribution in [0.3, 0.4) is 0 Å². The first-order chi connectivity index (χ1) is 22.7. The van der Waals surface area contributed by atoms with Crippen molar-refractivity contribution in [3.63, 3.8) is 0 Å². The Balaban J connectivity index is 0.000000178. The molecule has 0 unspecified atom stereocenters. The average Bonchev–Trinajstić information content (AvgIpc) is 3.10. The highest BCUT2D eigenvalue weighted by Gasteiger charge is 2.12. The first-order valence-electron chi connectivity index (χ1n) is 14.0. The summed E-state index contributed by atoms with van der Waals surface area (Å²) in [6.07, 6.45) is 0. The first-order valence-corrected chi connectivity index (χ1v) is 16.3. The molecule has 0 atom stereocenters. The molecule has 1 N–H and O–H groups in total. The molecule has 232 valence electrons. The van der Waals surface area contributed by atoms with Crippen LogP contribution in [0.2, 0.25) is 20.1 Å². The highest BCUT2D eigenvalue weighted by molar-refractivity contribution is 9.10. The minimum Gasteiger partial charge on any atom is -0.356 e. The second-order valence-electron chi connectivity index (χ2n) is 9.70. The van der Waals surface area contributed by atoms with Crippen LogP contribution in [-0.4, -0.2) is 0 Å². The SMILES string of the molecule is Clc1ccc(Nc2ccc(Cl)cc2)cc1.N#Cc1ccc(Br)cc1.N#Cc1ccc(N(c2ccc(Cl)cc2)c2ccc(Cl)cc2)cc1. The molecule has 6 aromatic carbocycles. The second-order valence-corrected chi connectivity index (χ2v) is 12.4. The molecular formula is C38H25BrCl4N4. The van der Waals surface area contributed by atoms with Crippen LogP contribution >= 0.6 is 62.3 Å². The number of hydrogen-bond donors (Lipinski definition) is 1. The van der Waals surface area contributed by atoms with E-state index < -0.39 is 0 Å². The molecule has 47 heavy (non-hydrogen) atoms. The highest BCUT2D eigenvalue weighted by Crippen LogP contribution is 2.35. The van der Waals surface area contributed by atoms with Crippen molar-refractivity contribution in [2.75, 3.05) is 10.2 Å². The van der Waals surface area contributed by atoms with E-state index in [0.717, 1.165) is 43.0 Å². The van der Waals surface area contributed by atoms with Crippen molar-refractivity contribution >= 4 is 90.8 Å². The number of halogens is 5. The van der Waals surface area contributed by atoms with Crippen LogP contribution in [0.15, 0.2) is 150 Å². The van der Waals surface area contributed by atoms with E-state index in [1.165, 1.54) is 0 Å². The number of nitrogens with zero attached hydrogens (tertiary/aromatic N) is 3. The number of benzene rings is 6. The lowest BCUT2D eigenvalue weighted by Crippen LogP contribution is -2.09. The zero-order chi connectivity index (χ0) is 33.6. The highest BCUT2D eigenvalue weighted by atomic mass is 79.9. The van der Waals surface area contributed by atoms with Gasteiger partial charge in [0.25, 0.3) is 0 Å². The van der Waals surface area contributed by atoms with Gasteiger partial charge in [-0.15, -0.1) is 0 Å². The van der Waals surface area contributed by atoms with E-state index in [1.54, 1.807) is 24.3 Å². The van der Waals surface area contributed by atoms with E-state index in [0.29, 0.717) is 21.2 Å². The van der Waals surface area contributed by atoms with Crippen molar-refractivity contribution in [1.82, 2.24) is 0 Å². The minimum atomic E-state index is 0.626. The molecule has 0 aromatic heterocycles. The minimum absolute atomic E-state index is 0.626. The number of anilines is 5. The van der Waals surface area contributed by atoms with Gasteiger partial charge in [-0.3, -0.25) is 0 Å². The Morgan fingerprint density at radius 2 is 0.702 bits per heavy atom. The standard InChI is InChI=1S/C19H12Cl2N2.C12H9Cl2N.C7H4BrN/c20-15-3-9-18(10-4-15)23(19-11-5-16(21)6-12-19)17-7-1-14(13-22)2-8-17;13-9-1-5-11(6-2-9)15-12-7-3-10(14)4-8-12;8-7-3-1-6(5-9)2-4-7/h1-12H;1-8,15H;1-4H. The summed E-state index contributed by atoms with van der Waals surface area (Å²) in [5.41, 5.74) is 6.22. The normalized spacial score (nSPS) is 9.77. The van der Waals surface area contributed by atoms with E-state index in [4.69, 9.17) is 56.9 Å². The van der Waals surface area contributed by atoms with Gasteiger partial charge in [-0.2, -0.15) is 10.5 Å². The van der Waals surface area contributed by atoms with Gasteiger partial charge >= 0.3 is 0 Å². The van der Waals surface area contributed by atoms with Crippen molar-refractivity contribution in [3.05, 3.63) is 181 Å². The van der Waals surface area contributed by atoms with Crippen LogP contribution in [0.5, 0.6) is 0 Å². The van der Waals surface area contributed by atoms with Gasteiger partial charge in [0.1, 0.15) is 0 Å². The van der Waals surface area contributed by atoms with Crippen LogP contribution in [-0.2, 0) is 0 Å². The quantitative estimate of drug-likeness (QED) is 0.190. The molecule has 9 heteroatoms. The van der Waals surface area contributed by atoms with Gasteiger partial charge in [0.15, 0.2) is 0 Å². The average molecular weight is 759 g/mol. The third-order valence-corrected chi connectivity index (χ3v) is 7.91. The smallest absolute Gasteiger partial charge is 0.0991 e. The molecule has 0 aliphatic carbocycles. The summed E-state index contributed by atoms with van der Waals surface area (Å²) in [4.78, 5) is 2.08. The summed E-state index contributed by atoms with van der Waals surface area (Å²) in [5.74, 6) is 0. The van der Waals surface area contributed by atoms with E-state index >= 15 is 0 Å². The third kappa shape index (κ3) is 11.4.